The molecule has 1 heterocycles. The predicted octanol–water partition coefficient (Wildman–Crippen LogP) is 3.25. The van der Waals surface area contributed by atoms with Crippen LogP contribution < -0.4 is 5.32 Å². The smallest absolute Gasteiger partial charge is 0.223 e. The minimum absolute atomic E-state index is 0.314. The van der Waals surface area contributed by atoms with Crippen molar-refractivity contribution in [3.8, 4) is 0 Å². The molecule has 1 N–H and O–H groups in total. The lowest BCUT2D eigenvalue weighted by atomic mass is 9.90. The van der Waals surface area contributed by atoms with Crippen molar-refractivity contribution in [1.82, 2.24) is 10.2 Å². The Labute approximate surface area is 135 Å². The molecule has 1 fully saturated rings. The summed E-state index contributed by atoms with van der Waals surface area (Å²) in [6.45, 7) is 6.99. The molecule has 1 saturated heterocycles. The number of carbonyl (C=O) groups excluding carboxylic acids is 1. The van der Waals surface area contributed by atoms with Gasteiger partial charge in [0.15, 0.2) is 0 Å². The van der Waals surface area contributed by atoms with Gasteiger partial charge < -0.3 is 10.2 Å². The molecule has 0 bridgehead atoms. The Balaban J connectivity index is 1.67. The van der Waals surface area contributed by atoms with Gasteiger partial charge in [-0.3, -0.25) is 4.79 Å². The lowest BCUT2D eigenvalue weighted by Gasteiger charge is -2.32. The van der Waals surface area contributed by atoms with Gasteiger partial charge in [0, 0.05) is 32.1 Å². The molecule has 0 aliphatic carbocycles. The van der Waals surface area contributed by atoms with Gasteiger partial charge in [-0.2, -0.15) is 0 Å². The van der Waals surface area contributed by atoms with Crippen molar-refractivity contribution in [2.45, 2.75) is 52.0 Å². The van der Waals surface area contributed by atoms with Gasteiger partial charge in [-0.1, -0.05) is 37.3 Å². The van der Waals surface area contributed by atoms with Crippen molar-refractivity contribution in [3.05, 3.63) is 35.9 Å². The highest BCUT2D eigenvalue weighted by Crippen LogP contribution is 2.21. The Morgan fingerprint density at radius 1 is 1.27 bits per heavy atom. The minimum atomic E-state index is 0.314. The molecule has 1 aromatic carbocycles. The fraction of sp³-hybridized carbons (Fsp3) is 0.632. The maximum Gasteiger partial charge on any atom is 0.223 e. The fourth-order valence-corrected chi connectivity index (χ4v) is 3.06. The number of amides is 1. The summed E-state index contributed by atoms with van der Waals surface area (Å²) in [5.41, 5.74) is 1.42. The van der Waals surface area contributed by atoms with E-state index < -0.39 is 0 Å². The standard InChI is InChI=1S/C19H30N2O/c1-3-16(2)20-12-9-19(22)21-13-10-18(11-14-21)15-17-7-5-4-6-8-17/h4-8,16,18,20H,3,9-15H2,1-2H3. The van der Waals surface area contributed by atoms with Crippen LogP contribution in [0, 0.1) is 5.92 Å². The Kier molecular flexibility index (Phi) is 6.91. The van der Waals surface area contributed by atoms with E-state index in [1.165, 1.54) is 5.56 Å². The number of hydrogen-bond acceptors (Lipinski definition) is 2. The maximum absolute atomic E-state index is 12.2. The summed E-state index contributed by atoms with van der Waals surface area (Å²) in [6.07, 6.45) is 5.17. The topological polar surface area (TPSA) is 32.3 Å². The Morgan fingerprint density at radius 2 is 1.95 bits per heavy atom. The van der Waals surface area contributed by atoms with Gasteiger partial charge in [0.05, 0.1) is 0 Å². The van der Waals surface area contributed by atoms with E-state index in [-0.39, 0.29) is 0 Å². The number of hydrogen-bond donors (Lipinski definition) is 1. The highest BCUT2D eigenvalue weighted by atomic mass is 16.2. The molecule has 1 aliphatic rings. The second-order valence-electron chi connectivity index (χ2n) is 6.53. The number of benzene rings is 1. The zero-order chi connectivity index (χ0) is 15.8. The van der Waals surface area contributed by atoms with Crippen molar-refractivity contribution in [1.29, 1.82) is 0 Å². The molecule has 0 radical (unpaired) electrons. The summed E-state index contributed by atoms with van der Waals surface area (Å²) in [5, 5.41) is 3.40. The van der Waals surface area contributed by atoms with E-state index in [1.54, 1.807) is 0 Å². The van der Waals surface area contributed by atoms with E-state index >= 15 is 0 Å². The fourth-order valence-electron chi connectivity index (χ4n) is 3.06. The molecular formula is C19H30N2O. The number of nitrogens with zero attached hydrogens (tertiary/aromatic N) is 1. The molecule has 1 atom stereocenters. The van der Waals surface area contributed by atoms with Crippen LogP contribution in [0.15, 0.2) is 30.3 Å². The average molecular weight is 302 g/mol. The van der Waals surface area contributed by atoms with Crippen LogP contribution in [-0.2, 0) is 11.2 Å². The third-order valence-electron chi connectivity index (χ3n) is 4.78. The number of nitrogens with one attached hydrogen (secondary N) is 1. The van der Waals surface area contributed by atoms with Crippen LogP contribution in [0.1, 0.15) is 45.1 Å². The Hall–Kier alpha value is -1.35. The highest BCUT2D eigenvalue weighted by Gasteiger charge is 2.22. The molecular weight excluding hydrogens is 272 g/mol. The number of rotatable bonds is 7. The third-order valence-corrected chi connectivity index (χ3v) is 4.78. The molecule has 122 valence electrons. The molecule has 0 spiro atoms. The zero-order valence-electron chi connectivity index (χ0n) is 14.1. The molecule has 22 heavy (non-hydrogen) atoms. The molecule has 3 heteroatoms. The third kappa shape index (κ3) is 5.45. The van der Waals surface area contributed by atoms with E-state index in [4.69, 9.17) is 0 Å². The van der Waals surface area contributed by atoms with Crippen LogP contribution in [0.4, 0.5) is 0 Å². The van der Waals surface area contributed by atoms with Gasteiger partial charge >= 0.3 is 0 Å². The Morgan fingerprint density at radius 3 is 2.59 bits per heavy atom. The van der Waals surface area contributed by atoms with Crippen LogP contribution >= 0.6 is 0 Å². The average Bonchev–Trinajstić information content (AvgIpc) is 2.56. The summed E-state index contributed by atoms with van der Waals surface area (Å²) < 4.78 is 0. The van der Waals surface area contributed by atoms with E-state index in [2.05, 4.69) is 54.4 Å². The van der Waals surface area contributed by atoms with Crippen LogP contribution in [0.5, 0.6) is 0 Å². The van der Waals surface area contributed by atoms with E-state index in [1.807, 2.05) is 0 Å². The monoisotopic (exact) mass is 302 g/mol. The first kappa shape index (κ1) is 17.0. The van der Waals surface area contributed by atoms with Crippen molar-refractivity contribution < 1.29 is 4.79 Å². The van der Waals surface area contributed by atoms with Gasteiger partial charge in [-0.25, -0.2) is 0 Å². The summed E-state index contributed by atoms with van der Waals surface area (Å²) in [5.74, 6) is 1.04. The maximum atomic E-state index is 12.2. The Bertz CT molecular complexity index is 438. The van der Waals surface area contributed by atoms with Crippen molar-refractivity contribution in [3.63, 3.8) is 0 Å². The number of piperidine rings is 1. The predicted molar refractivity (Wildman–Crippen MR) is 91.8 cm³/mol. The molecule has 1 aromatic rings. The zero-order valence-corrected chi connectivity index (χ0v) is 14.1. The van der Waals surface area contributed by atoms with E-state index in [0.29, 0.717) is 18.4 Å². The van der Waals surface area contributed by atoms with Crippen LogP contribution in [0.3, 0.4) is 0 Å². The molecule has 1 unspecified atom stereocenters. The molecule has 1 amide bonds. The first-order chi connectivity index (χ1) is 10.7. The molecule has 2 rings (SSSR count). The summed E-state index contributed by atoms with van der Waals surface area (Å²) in [6, 6.07) is 11.2. The first-order valence-electron chi connectivity index (χ1n) is 8.74. The summed E-state index contributed by atoms with van der Waals surface area (Å²) in [7, 11) is 0. The van der Waals surface area contributed by atoms with Crippen molar-refractivity contribution in [2.24, 2.45) is 5.92 Å². The first-order valence-corrected chi connectivity index (χ1v) is 8.74. The van der Waals surface area contributed by atoms with Crippen molar-refractivity contribution in [2.75, 3.05) is 19.6 Å². The largest absolute Gasteiger partial charge is 0.343 e. The summed E-state index contributed by atoms with van der Waals surface area (Å²) >= 11 is 0. The SMILES string of the molecule is CCC(C)NCCC(=O)N1CCC(Cc2ccccc2)CC1. The van der Waals surface area contributed by atoms with Crippen molar-refractivity contribution >= 4 is 5.91 Å². The lowest BCUT2D eigenvalue weighted by molar-refractivity contribution is -0.132. The summed E-state index contributed by atoms with van der Waals surface area (Å²) in [4.78, 5) is 14.3. The molecule has 0 saturated carbocycles. The van der Waals surface area contributed by atoms with Gasteiger partial charge in [0.25, 0.3) is 0 Å². The van der Waals surface area contributed by atoms with E-state index in [0.717, 1.165) is 51.2 Å². The molecule has 1 aliphatic heterocycles. The normalized spacial score (nSPS) is 17.5. The number of likely N-dealkylation sites (tertiary alicyclic amines) is 1. The quantitative estimate of drug-likeness (QED) is 0.838. The lowest BCUT2D eigenvalue weighted by Crippen LogP contribution is -2.40. The van der Waals surface area contributed by atoms with Gasteiger partial charge in [-0.05, 0) is 44.1 Å². The molecule has 3 nitrogen and oxygen atoms in total. The number of carbonyl (C=O) groups is 1. The van der Waals surface area contributed by atoms with Gasteiger partial charge in [0.1, 0.15) is 0 Å². The van der Waals surface area contributed by atoms with Crippen LogP contribution in [0.2, 0.25) is 0 Å². The van der Waals surface area contributed by atoms with Crippen LogP contribution in [-0.4, -0.2) is 36.5 Å². The van der Waals surface area contributed by atoms with E-state index in [9.17, 15) is 4.79 Å². The molecule has 0 aromatic heterocycles. The van der Waals surface area contributed by atoms with Crippen LogP contribution in [0.25, 0.3) is 0 Å². The highest BCUT2D eigenvalue weighted by molar-refractivity contribution is 5.76. The second-order valence-corrected chi connectivity index (χ2v) is 6.53. The minimum Gasteiger partial charge on any atom is -0.343 e. The van der Waals surface area contributed by atoms with Gasteiger partial charge in [0.2, 0.25) is 5.91 Å². The van der Waals surface area contributed by atoms with Gasteiger partial charge in [-0.15, -0.1) is 0 Å². The second kappa shape index (κ2) is 8.94.